The van der Waals surface area contributed by atoms with Crippen LogP contribution in [0.4, 0.5) is 13.2 Å². The van der Waals surface area contributed by atoms with Crippen molar-refractivity contribution < 1.29 is 21.6 Å². The number of aromatic nitrogens is 3. The Balaban J connectivity index is 1.82. The van der Waals surface area contributed by atoms with E-state index in [1.165, 1.54) is 6.07 Å². The molecule has 0 aliphatic heterocycles. The lowest BCUT2D eigenvalue weighted by molar-refractivity contribution is -0.147. The van der Waals surface area contributed by atoms with Gasteiger partial charge in [-0.2, -0.15) is 23.2 Å². The number of pyridine rings is 2. The molecule has 11 heteroatoms. The molecule has 0 amide bonds. The van der Waals surface area contributed by atoms with E-state index < -0.39 is 27.1 Å². The molecule has 0 saturated heterocycles. The van der Waals surface area contributed by atoms with E-state index in [1.807, 2.05) is 31.2 Å². The average molecular weight is 459 g/mol. The van der Waals surface area contributed by atoms with Gasteiger partial charge >= 0.3 is 6.18 Å². The number of allylic oxidation sites excluding steroid dienone is 4. The molecule has 3 heterocycles. The van der Waals surface area contributed by atoms with Crippen molar-refractivity contribution in [1.82, 2.24) is 19.3 Å². The van der Waals surface area contributed by atoms with Crippen molar-refractivity contribution in [3.63, 3.8) is 0 Å². The van der Waals surface area contributed by atoms with Gasteiger partial charge in [0.1, 0.15) is 28.1 Å². The van der Waals surface area contributed by atoms with Crippen LogP contribution >= 0.6 is 0 Å². The van der Waals surface area contributed by atoms with E-state index in [9.17, 15) is 26.9 Å². The van der Waals surface area contributed by atoms with Crippen molar-refractivity contribution in [2.75, 3.05) is 0 Å². The Morgan fingerprint density at radius 3 is 2.47 bits per heavy atom. The van der Waals surface area contributed by atoms with Crippen LogP contribution in [-0.4, -0.2) is 35.2 Å². The summed E-state index contributed by atoms with van der Waals surface area (Å²) in [4.78, 5) is 8.12. The van der Waals surface area contributed by atoms with Crippen LogP contribution in [0, 0.1) is 18.3 Å². The molecule has 1 N–H and O–H groups in total. The summed E-state index contributed by atoms with van der Waals surface area (Å²) in [5.74, 6) is 0. The second-order valence-corrected chi connectivity index (χ2v) is 8.98. The number of aryl methyl sites for hydroxylation is 1. The highest BCUT2D eigenvalue weighted by molar-refractivity contribution is 7.89. The van der Waals surface area contributed by atoms with E-state index in [2.05, 4.69) is 16.0 Å². The zero-order chi connectivity index (χ0) is 23.3. The fourth-order valence-corrected chi connectivity index (χ4v) is 4.43. The number of nitriles is 1. The van der Waals surface area contributed by atoms with E-state index in [-0.39, 0.29) is 11.3 Å². The van der Waals surface area contributed by atoms with Gasteiger partial charge in [0, 0.05) is 18.1 Å². The molecular formula is C21H16F3N5O2S. The zero-order valence-corrected chi connectivity index (χ0v) is 17.7. The minimum absolute atomic E-state index is 0.258. The van der Waals surface area contributed by atoms with Crippen LogP contribution in [0.15, 0.2) is 53.7 Å². The summed E-state index contributed by atoms with van der Waals surface area (Å²) in [6, 6.07) is 4.26. The maximum Gasteiger partial charge on any atom is 0.404 e. The first kappa shape index (κ1) is 21.7. The first-order chi connectivity index (χ1) is 15.0. The Bertz CT molecular complexity index is 1430. The van der Waals surface area contributed by atoms with Gasteiger partial charge in [0.2, 0.25) is 10.0 Å². The molecule has 1 atom stereocenters. The van der Waals surface area contributed by atoms with Gasteiger partial charge in [-0.3, -0.25) is 9.97 Å². The lowest BCUT2D eigenvalue weighted by atomic mass is 10.1. The Kier molecular flexibility index (Phi) is 5.15. The second-order valence-electron chi connectivity index (χ2n) is 7.27. The van der Waals surface area contributed by atoms with Gasteiger partial charge in [-0.15, -0.1) is 0 Å². The van der Waals surface area contributed by atoms with Crippen LogP contribution in [0.25, 0.3) is 28.1 Å². The quantitative estimate of drug-likeness (QED) is 0.623. The predicted molar refractivity (Wildman–Crippen MR) is 112 cm³/mol. The van der Waals surface area contributed by atoms with Gasteiger partial charge in [-0.25, -0.2) is 8.42 Å². The number of hydrogen-bond donors (Lipinski definition) is 1. The molecule has 0 spiro atoms. The predicted octanol–water partition coefficient (Wildman–Crippen LogP) is 3.92. The number of sulfonamides is 1. The van der Waals surface area contributed by atoms with Crippen LogP contribution < -0.4 is 4.72 Å². The number of hydrogen-bond acceptors (Lipinski definition) is 5. The highest BCUT2D eigenvalue weighted by atomic mass is 32.2. The van der Waals surface area contributed by atoms with Gasteiger partial charge in [0.25, 0.3) is 0 Å². The lowest BCUT2D eigenvalue weighted by Crippen LogP contribution is -2.42. The topological polar surface area (TPSA) is 101 Å². The van der Waals surface area contributed by atoms with Gasteiger partial charge in [-0.1, -0.05) is 6.08 Å². The maximum absolute atomic E-state index is 12.8. The average Bonchev–Trinajstić information content (AvgIpc) is 2.99. The Morgan fingerprint density at radius 2 is 1.94 bits per heavy atom. The highest BCUT2D eigenvalue weighted by Crippen LogP contribution is 2.36. The largest absolute Gasteiger partial charge is 0.404 e. The molecule has 0 aromatic carbocycles. The molecule has 164 valence electrons. The molecule has 3 aromatic heterocycles. The van der Waals surface area contributed by atoms with Gasteiger partial charge < -0.3 is 4.57 Å². The Hall–Kier alpha value is -3.49. The second kappa shape index (κ2) is 7.58. The number of halogens is 3. The smallest absolute Gasteiger partial charge is 0.305 e. The minimum atomic E-state index is -4.72. The number of nitrogens with one attached hydrogen (secondary N) is 1. The number of alkyl halides is 3. The molecule has 7 nitrogen and oxygen atoms in total. The van der Waals surface area contributed by atoms with Crippen LogP contribution in [-0.2, 0) is 10.0 Å². The van der Waals surface area contributed by atoms with E-state index in [0.717, 1.165) is 23.5 Å². The van der Waals surface area contributed by atoms with Crippen molar-refractivity contribution in [1.29, 1.82) is 5.26 Å². The molecule has 32 heavy (non-hydrogen) atoms. The standard InChI is InChI=1S/C21H16F3N5O2S/c1-12-8-18-19(27-10-12)16(9-25)20(29(18)14-4-3-5-14)17-7-6-15(11-26-17)32(30,31)28-13(2)21(22,23)24/h3-8,10-11,13,28H,1-2H3/t13-/m1/s1. The Labute approximate surface area is 181 Å². The van der Waals surface area contributed by atoms with Gasteiger partial charge in [-0.05, 0) is 49.8 Å². The van der Waals surface area contributed by atoms with Crippen molar-refractivity contribution in [3.05, 3.63) is 59.9 Å². The lowest BCUT2D eigenvalue weighted by Gasteiger charge is -2.17. The summed E-state index contributed by atoms with van der Waals surface area (Å²) in [6.45, 7) is 2.58. The molecule has 0 radical (unpaired) electrons. The van der Waals surface area contributed by atoms with Crippen LogP contribution in [0.2, 0.25) is 0 Å². The summed E-state index contributed by atoms with van der Waals surface area (Å²) in [7, 11) is -4.45. The van der Waals surface area contributed by atoms with Crippen molar-refractivity contribution in [2.45, 2.75) is 31.0 Å². The third-order valence-corrected chi connectivity index (χ3v) is 6.48. The van der Waals surface area contributed by atoms with E-state index in [1.54, 1.807) is 15.5 Å². The number of nitrogens with zero attached hydrogens (tertiary/aromatic N) is 4. The molecule has 1 aliphatic carbocycles. The monoisotopic (exact) mass is 459 g/mol. The van der Waals surface area contributed by atoms with Crippen molar-refractivity contribution in [3.8, 4) is 17.5 Å². The molecule has 4 rings (SSSR count). The van der Waals surface area contributed by atoms with Crippen LogP contribution in [0.1, 0.15) is 18.1 Å². The molecule has 3 aromatic rings. The number of rotatable bonds is 5. The Morgan fingerprint density at radius 1 is 1.22 bits per heavy atom. The van der Waals surface area contributed by atoms with Crippen molar-refractivity contribution in [2.24, 2.45) is 0 Å². The van der Waals surface area contributed by atoms with Crippen molar-refractivity contribution >= 4 is 26.8 Å². The summed E-state index contributed by atoms with van der Waals surface area (Å²) in [5.41, 5.74) is 3.78. The van der Waals surface area contributed by atoms with E-state index in [4.69, 9.17) is 0 Å². The number of fused-ring (bicyclic) bond motifs is 1. The fraction of sp³-hybridized carbons (Fsp3) is 0.190. The van der Waals surface area contributed by atoms with Gasteiger partial charge in [0.15, 0.2) is 0 Å². The fourth-order valence-electron chi connectivity index (χ4n) is 3.26. The van der Waals surface area contributed by atoms with Crippen LogP contribution in [0.3, 0.4) is 0 Å². The molecule has 1 aliphatic rings. The molecule has 0 bridgehead atoms. The summed E-state index contributed by atoms with van der Waals surface area (Å²) >= 11 is 0. The minimum Gasteiger partial charge on any atom is -0.305 e. The highest BCUT2D eigenvalue weighted by Gasteiger charge is 2.39. The first-order valence-corrected chi connectivity index (χ1v) is 10.9. The summed E-state index contributed by atoms with van der Waals surface area (Å²) in [6.07, 6.45) is 3.39. The SMILES string of the molecule is Cc1cnc2c(C#N)c(-c3ccc(S(=O)(=O)N[C@H](C)C(F)(F)F)cn3)n(C3=CC=C3)c2c1. The molecular weight excluding hydrogens is 443 g/mol. The molecule has 0 fully saturated rings. The summed E-state index contributed by atoms with van der Waals surface area (Å²) in [5, 5.41) is 9.81. The normalized spacial score (nSPS) is 14.7. The van der Waals surface area contributed by atoms with Gasteiger partial charge in [0.05, 0.1) is 16.9 Å². The van der Waals surface area contributed by atoms with E-state index in [0.29, 0.717) is 23.7 Å². The molecule has 0 unspecified atom stereocenters. The zero-order valence-electron chi connectivity index (χ0n) is 16.8. The summed E-state index contributed by atoms with van der Waals surface area (Å²) < 4.78 is 66.3. The third kappa shape index (κ3) is 3.68. The van der Waals surface area contributed by atoms with Crippen LogP contribution in [0.5, 0.6) is 0 Å². The third-order valence-electron chi connectivity index (χ3n) is 4.96. The maximum atomic E-state index is 12.8. The van der Waals surface area contributed by atoms with E-state index >= 15 is 0 Å². The first-order valence-electron chi connectivity index (χ1n) is 9.38. The molecule has 0 saturated carbocycles.